The predicted octanol–water partition coefficient (Wildman–Crippen LogP) is 1.76. The van der Waals surface area contributed by atoms with E-state index in [9.17, 15) is 15.0 Å². The Labute approximate surface area is 153 Å². The molecule has 0 aromatic rings. The summed E-state index contributed by atoms with van der Waals surface area (Å²) in [6.45, 7) is 9.03. The molecule has 148 valence electrons. The number of hydrogen-bond acceptors (Lipinski definition) is 7. The minimum absolute atomic E-state index is 0.0145. The molecule has 0 amide bonds. The highest BCUT2D eigenvalue weighted by molar-refractivity contribution is 5.81. The molecule has 2 rings (SSSR count). The maximum Gasteiger partial charge on any atom is 0.182 e. The van der Waals surface area contributed by atoms with Crippen LogP contribution in [0.3, 0.4) is 0 Å². The van der Waals surface area contributed by atoms with Crippen molar-refractivity contribution in [2.24, 2.45) is 22.9 Å². The van der Waals surface area contributed by atoms with Crippen LogP contribution in [0.15, 0.2) is 5.11 Å². The third-order valence-electron chi connectivity index (χ3n) is 5.76. The number of carbonyl (C=O) groups excluding carboxylic acids is 1. The third-order valence-corrected chi connectivity index (χ3v) is 5.76. The van der Waals surface area contributed by atoms with Gasteiger partial charge in [0.05, 0.1) is 18.2 Å². The van der Waals surface area contributed by atoms with Gasteiger partial charge in [-0.25, -0.2) is 0 Å². The van der Waals surface area contributed by atoms with E-state index in [1.165, 1.54) is 6.92 Å². The second kappa shape index (κ2) is 8.65. The number of carbonyl (C=O) groups is 1. The smallest absolute Gasteiger partial charge is 0.182 e. The maximum absolute atomic E-state index is 12.0. The first-order valence-corrected chi connectivity index (χ1v) is 9.10. The Morgan fingerprint density at radius 2 is 1.85 bits per heavy atom. The minimum Gasteiger partial charge on any atom is -0.387 e. The fourth-order valence-corrected chi connectivity index (χ4v) is 3.79. The highest BCUT2D eigenvalue weighted by atomic mass is 16.7. The summed E-state index contributed by atoms with van der Waals surface area (Å²) in [7, 11) is 0. The van der Waals surface area contributed by atoms with E-state index in [1.54, 1.807) is 6.92 Å². The molecule has 2 unspecified atom stereocenters. The van der Waals surface area contributed by atoms with Crippen LogP contribution in [0.1, 0.15) is 41.0 Å². The number of Topliss-reactive ketones (excluding diaryl/α,β-unsaturated/α-hetero) is 1. The molecular weight excluding hydrogens is 342 g/mol. The lowest BCUT2D eigenvalue weighted by molar-refractivity contribution is -0.312. The first-order chi connectivity index (χ1) is 12.2. The van der Waals surface area contributed by atoms with Crippen molar-refractivity contribution in [3.63, 3.8) is 0 Å². The van der Waals surface area contributed by atoms with Crippen LogP contribution < -0.4 is 0 Å². The lowest BCUT2D eigenvalue weighted by atomic mass is 9.81. The number of nitrogens with zero attached hydrogens (tertiary/aromatic N) is 3. The molecule has 0 saturated carbocycles. The molecule has 2 saturated heterocycles. The van der Waals surface area contributed by atoms with E-state index in [0.717, 1.165) is 6.42 Å². The van der Waals surface area contributed by atoms with E-state index in [2.05, 4.69) is 10.0 Å². The summed E-state index contributed by atoms with van der Waals surface area (Å²) in [5, 5.41) is 23.8. The number of ether oxygens (including phenoxy) is 3. The molecule has 2 aliphatic heterocycles. The van der Waals surface area contributed by atoms with E-state index < -0.39 is 42.9 Å². The summed E-state index contributed by atoms with van der Waals surface area (Å²) < 4.78 is 17.3. The molecule has 0 aromatic heterocycles. The zero-order chi connectivity index (χ0) is 19.6. The molecule has 2 heterocycles. The third kappa shape index (κ3) is 4.03. The second-order valence-corrected chi connectivity index (χ2v) is 7.37. The van der Waals surface area contributed by atoms with Crippen LogP contribution in [0.4, 0.5) is 0 Å². The molecule has 9 heteroatoms. The molecular formula is C17H29N3O6. The van der Waals surface area contributed by atoms with Gasteiger partial charge in [-0.1, -0.05) is 32.8 Å². The minimum atomic E-state index is -1.46. The highest BCUT2D eigenvalue weighted by Crippen LogP contribution is 2.37. The zero-order valence-corrected chi connectivity index (χ0v) is 15.8. The zero-order valence-electron chi connectivity index (χ0n) is 15.8. The van der Waals surface area contributed by atoms with Gasteiger partial charge in [0.15, 0.2) is 18.4 Å². The molecule has 2 fully saturated rings. The van der Waals surface area contributed by atoms with Gasteiger partial charge in [-0.05, 0) is 30.7 Å². The largest absolute Gasteiger partial charge is 0.387 e. The Balaban J connectivity index is 2.28. The number of azide groups is 1. The summed E-state index contributed by atoms with van der Waals surface area (Å²) in [4.78, 5) is 14.9. The Kier molecular flexibility index (Phi) is 7.01. The van der Waals surface area contributed by atoms with E-state index >= 15 is 0 Å². The van der Waals surface area contributed by atoms with Crippen LogP contribution in [-0.4, -0.2) is 59.0 Å². The van der Waals surface area contributed by atoms with E-state index in [0.29, 0.717) is 0 Å². The lowest BCUT2D eigenvalue weighted by Gasteiger charge is -2.47. The van der Waals surface area contributed by atoms with Gasteiger partial charge in [0.25, 0.3) is 0 Å². The summed E-state index contributed by atoms with van der Waals surface area (Å²) in [5.41, 5.74) is 8.93. The Bertz CT molecular complexity index is 555. The van der Waals surface area contributed by atoms with Crippen molar-refractivity contribution in [3.05, 3.63) is 10.4 Å². The first-order valence-electron chi connectivity index (χ1n) is 9.10. The summed E-state index contributed by atoms with van der Waals surface area (Å²) in [5.74, 6) is -0.706. The quantitative estimate of drug-likeness (QED) is 0.430. The standard InChI is InChI=1S/C17H29N3O6/c1-6-11-7(2)8(3)12(19-20-18)17(24-11)26-14-9(4)13(22)16(23)25-15(14)10(5)21/h7-9,11-17,22-23H,6H2,1-5H3/t7-,8-,9+,11-,12?,13?,14-,15-,16+,17+/m0/s1. The lowest BCUT2D eigenvalue weighted by Crippen LogP contribution is -2.59. The number of hydrogen-bond donors (Lipinski definition) is 2. The van der Waals surface area contributed by atoms with Crippen molar-refractivity contribution < 1.29 is 29.2 Å². The van der Waals surface area contributed by atoms with Crippen molar-refractivity contribution in [1.82, 2.24) is 0 Å². The van der Waals surface area contributed by atoms with Crippen molar-refractivity contribution in [2.45, 2.75) is 84.1 Å². The normalized spacial score (nSPS) is 46.4. The van der Waals surface area contributed by atoms with Gasteiger partial charge in [0.2, 0.25) is 0 Å². The topological polar surface area (TPSA) is 134 Å². The molecule has 0 spiro atoms. The fourth-order valence-electron chi connectivity index (χ4n) is 3.79. The molecule has 0 radical (unpaired) electrons. The van der Waals surface area contributed by atoms with Gasteiger partial charge < -0.3 is 24.4 Å². The number of aliphatic hydroxyl groups is 2. The first kappa shape index (κ1) is 21.1. The summed E-state index contributed by atoms with van der Waals surface area (Å²) >= 11 is 0. The van der Waals surface area contributed by atoms with Crippen LogP contribution in [0.5, 0.6) is 0 Å². The number of aliphatic hydroxyl groups excluding tert-OH is 2. The highest BCUT2D eigenvalue weighted by Gasteiger charge is 2.49. The molecule has 9 nitrogen and oxygen atoms in total. The van der Waals surface area contributed by atoms with Crippen LogP contribution >= 0.6 is 0 Å². The van der Waals surface area contributed by atoms with Crippen molar-refractivity contribution in [1.29, 1.82) is 0 Å². The summed E-state index contributed by atoms with van der Waals surface area (Å²) in [6, 6.07) is -0.568. The molecule has 26 heavy (non-hydrogen) atoms. The monoisotopic (exact) mass is 371 g/mol. The van der Waals surface area contributed by atoms with Gasteiger partial charge in [-0.3, -0.25) is 4.79 Å². The van der Waals surface area contributed by atoms with Gasteiger partial charge >= 0.3 is 0 Å². The second-order valence-electron chi connectivity index (χ2n) is 7.37. The maximum atomic E-state index is 12.0. The molecule has 2 N–H and O–H groups in total. The van der Waals surface area contributed by atoms with Gasteiger partial charge in [0, 0.05) is 10.8 Å². The fraction of sp³-hybridized carbons (Fsp3) is 0.941. The average molecular weight is 371 g/mol. The molecule has 2 aliphatic rings. The predicted molar refractivity (Wildman–Crippen MR) is 91.8 cm³/mol. The summed E-state index contributed by atoms with van der Waals surface area (Å²) in [6.07, 6.45) is -4.69. The van der Waals surface area contributed by atoms with Crippen LogP contribution in [0.25, 0.3) is 10.4 Å². The SMILES string of the molecule is CC[C@@H]1O[C@H](O[C@H]2[C@H](C)C(O)[C@H](O)O[C@H]2C(C)=O)C(N=[N+]=[N-])[C@@H](C)[C@@H]1C. The van der Waals surface area contributed by atoms with Gasteiger partial charge in [-0.15, -0.1) is 0 Å². The van der Waals surface area contributed by atoms with E-state index in [1.807, 2.05) is 20.8 Å². The molecule has 0 aliphatic carbocycles. The van der Waals surface area contributed by atoms with Crippen LogP contribution in [-0.2, 0) is 19.0 Å². The van der Waals surface area contributed by atoms with Crippen molar-refractivity contribution in [2.75, 3.05) is 0 Å². The van der Waals surface area contributed by atoms with Gasteiger partial charge in [-0.2, -0.15) is 0 Å². The van der Waals surface area contributed by atoms with Crippen LogP contribution in [0.2, 0.25) is 0 Å². The Morgan fingerprint density at radius 3 is 2.38 bits per heavy atom. The number of rotatable bonds is 5. The van der Waals surface area contributed by atoms with Crippen molar-refractivity contribution >= 4 is 5.78 Å². The Morgan fingerprint density at radius 1 is 1.19 bits per heavy atom. The average Bonchev–Trinajstić information content (AvgIpc) is 2.60. The molecule has 10 atom stereocenters. The van der Waals surface area contributed by atoms with Crippen LogP contribution in [0, 0.1) is 17.8 Å². The molecule has 0 aromatic carbocycles. The molecule has 0 bridgehead atoms. The van der Waals surface area contributed by atoms with E-state index in [-0.39, 0.29) is 23.7 Å². The van der Waals surface area contributed by atoms with Gasteiger partial charge in [0.1, 0.15) is 12.2 Å². The van der Waals surface area contributed by atoms with Crippen molar-refractivity contribution in [3.8, 4) is 0 Å². The number of ketones is 1. The Hall–Kier alpha value is -1.22. The van der Waals surface area contributed by atoms with E-state index in [4.69, 9.17) is 19.7 Å².